The number of aromatic hydroxyl groups is 1. The fourth-order valence-electron chi connectivity index (χ4n) is 1.92. The van der Waals surface area contributed by atoms with Crippen LogP contribution in [-0.4, -0.2) is 16.3 Å². The molecule has 0 aromatic heterocycles. The molecule has 0 saturated heterocycles. The van der Waals surface area contributed by atoms with Crippen LogP contribution in [0.15, 0.2) is 18.2 Å². The molecule has 0 radical (unpaired) electrons. The van der Waals surface area contributed by atoms with E-state index in [9.17, 15) is 10.2 Å². The van der Waals surface area contributed by atoms with Crippen molar-refractivity contribution in [2.24, 2.45) is 5.73 Å². The Hall–Kier alpha value is -0.770. The van der Waals surface area contributed by atoms with Crippen LogP contribution in [-0.2, 0) is 5.54 Å². The van der Waals surface area contributed by atoms with Crippen molar-refractivity contribution in [2.75, 3.05) is 0 Å². The predicted octanol–water partition coefficient (Wildman–Crippen LogP) is 1.35. The molecule has 0 spiro atoms. The summed E-state index contributed by atoms with van der Waals surface area (Å²) in [5.74, 6) is 0.0311. The fraction of sp³-hybridized carbons (Fsp3) is 0.400. The number of aliphatic hydroxyl groups is 1. The molecule has 1 aliphatic rings. The van der Waals surface area contributed by atoms with Gasteiger partial charge in [0.2, 0.25) is 0 Å². The van der Waals surface area contributed by atoms with Gasteiger partial charge in [-0.3, -0.25) is 0 Å². The maximum absolute atomic E-state index is 9.69. The van der Waals surface area contributed by atoms with Crippen molar-refractivity contribution in [3.8, 4) is 5.75 Å². The van der Waals surface area contributed by atoms with Gasteiger partial charge in [0, 0.05) is 11.1 Å². The van der Waals surface area contributed by atoms with E-state index in [4.69, 9.17) is 17.3 Å². The Balaban J connectivity index is 2.37. The van der Waals surface area contributed by atoms with Gasteiger partial charge in [0.1, 0.15) is 5.75 Å². The largest absolute Gasteiger partial charge is 0.506 e. The molecule has 4 N–H and O–H groups in total. The first kappa shape index (κ1) is 9.77. The summed E-state index contributed by atoms with van der Waals surface area (Å²) in [5, 5.41) is 19.2. The molecule has 0 atom stereocenters. The van der Waals surface area contributed by atoms with E-state index < -0.39 is 5.54 Å². The van der Waals surface area contributed by atoms with Crippen LogP contribution >= 0.6 is 11.6 Å². The number of nitrogens with two attached hydrogens (primary N) is 1. The maximum atomic E-state index is 9.69. The zero-order valence-electron chi connectivity index (χ0n) is 7.57. The molecular formula is C10H12ClNO2. The molecule has 0 bridgehead atoms. The average Bonchev–Trinajstić information content (AvgIpc) is 2.07. The van der Waals surface area contributed by atoms with Crippen molar-refractivity contribution in [1.82, 2.24) is 0 Å². The van der Waals surface area contributed by atoms with Crippen LogP contribution in [0.5, 0.6) is 5.75 Å². The Morgan fingerprint density at radius 2 is 2.07 bits per heavy atom. The molecule has 3 nitrogen and oxygen atoms in total. The van der Waals surface area contributed by atoms with Crippen molar-refractivity contribution in [3.05, 3.63) is 28.8 Å². The molecule has 0 heterocycles. The number of hydrogen-bond acceptors (Lipinski definition) is 3. The molecule has 0 unspecified atom stereocenters. The van der Waals surface area contributed by atoms with Gasteiger partial charge in [-0.2, -0.15) is 0 Å². The van der Waals surface area contributed by atoms with Gasteiger partial charge < -0.3 is 15.9 Å². The smallest absolute Gasteiger partial charge is 0.139 e. The average molecular weight is 214 g/mol. The second-order valence-electron chi connectivity index (χ2n) is 3.85. The van der Waals surface area contributed by atoms with Gasteiger partial charge in [-0.1, -0.05) is 23.7 Å². The minimum absolute atomic E-state index is 0.0311. The van der Waals surface area contributed by atoms with Gasteiger partial charge in [0.25, 0.3) is 0 Å². The van der Waals surface area contributed by atoms with E-state index >= 15 is 0 Å². The summed E-state index contributed by atoms with van der Waals surface area (Å²) in [5.41, 5.74) is 6.01. The Morgan fingerprint density at radius 3 is 2.64 bits per heavy atom. The topological polar surface area (TPSA) is 66.5 Å². The van der Waals surface area contributed by atoms with E-state index in [1.807, 2.05) is 0 Å². The molecule has 2 rings (SSSR count). The van der Waals surface area contributed by atoms with Crippen LogP contribution in [0.2, 0.25) is 5.02 Å². The van der Waals surface area contributed by atoms with E-state index in [2.05, 4.69) is 0 Å². The van der Waals surface area contributed by atoms with E-state index in [1.165, 1.54) is 0 Å². The lowest BCUT2D eigenvalue weighted by molar-refractivity contribution is 0.0199. The highest BCUT2D eigenvalue weighted by Crippen LogP contribution is 2.44. The number of aliphatic hydroxyl groups excluding tert-OH is 1. The van der Waals surface area contributed by atoms with Gasteiger partial charge in [-0.05, 0) is 18.9 Å². The number of halogens is 1. The monoisotopic (exact) mass is 213 g/mol. The fourth-order valence-corrected chi connectivity index (χ4v) is 2.09. The number of phenolic OH excluding ortho intramolecular Hbond substituents is 1. The quantitative estimate of drug-likeness (QED) is 0.660. The van der Waals surface area contributed by atoms with E-state index in [0.717, 1.165) is 0 Å². The van der Waals surface area contributed by atoms with Crippen LogP contribution in [0.3, 0.4) is 0 Å². The Kier molecular flexibility index (Phi) is 2.18. The SMILES string of the molecule is NC1(c2cccc(Cl)c2O)CC(O)C1. The summed E-state index contributed by atoms with van der Waals surface area (Å²) in [6.45, 7) is 0. The highest BCUT2D eigenvalue weighted by molar-refractivity contribution is 6.32. The van der Waals surface area contributed by atoms with E-state index in [1.54, 1.807) is 18.2 Å². The first-order chi connectivity index (χ1) is 6.53. The molecule has 1 aromatic carbocycles. The molecule has 14 heavy (non-hydrogen) atoms. The van der Waals surface area contributed by atoms with Gasteiger partial charge in [-0.15, -0.1) is 0 Å². The summed E-state index contributed by atoms with van der Waals surface area (Å²) in [6.07, 6.45) is 0.584. The van der Waals surface area contributed by atoms with Crippen LogP contribution in [0, 0.1) is 0 Å². The van der Waals surface area contributed by atoms with Crippen molar-refractivity contribution in [2.45, 2.75) is 24.5 Å². The van der Waals surface area contributed by atoms with Crippen LogP contribution in [0.25, 0.3) is 0 Å². The van der Waals surface area contributed by atoms with Gasteiger partial charge >= 0.3 is 0 Å². The number of benzene rings is 1. The number of para-hydroxylation sites is 1. The Labute approximate surface area is 87.1 Å². The predicted molar refractivity (Wildman–Crippen MR) is 54.2 cm³/mol. The molecule has 0 amide bonds. The second-order valence-corrected chi connectivity index (χ2v) is 4.26. The third-order valence-corrected chi connectivity index (χ3v) is 3.03. The van der Waals surface area contributed by atoms with E-state index in [-0.39, 0.29) is 11.9 Å². The molecule has 1 fully saturated rings. The molecule has 4 heteroatoms. The minimum Gasteiger partial charge on any atom is -0.506 e. The lowest BCUT2D eigenvalue weighted by Crippen LogP contribution is -2.51. The van der Waals surface area contributed by atoms with Crippen molar-refractivity contribution in [3.63, 3.8) is 0 Å². The zero-order chi connectivity index (χ0) is 10.3. The number of phenols is 1. The lowest BCUT2D eigenvalue weighted by Gasteiger charge is -2.42. The van der Waals surface area contributed by atoms with Crippen LogP contribution in [0.4, 0.5) is 0 Å². The minimum atomic E-state index is -0.617. The molecule has 1 aliphatic carbocycles. The number of hydrogen-bond donors (Lipinski definition) is 3. The van der Waals surface area contributed by atoms with Crippen molar-refractivity contribution in [1.29, 1.82) is 0 Å². The Bertz CT molecular complexity index is 361. The third-order valence-electron chi connectivity index (χ3n) is 2.72. The summed E-state index contributed by atoms with van der Waals surface area (Å²) in [4.78, 5) is 0. The molecular weight excluding hydrogens is 202 g/mol. The summed E-state index contributed by atoms with van der Waals surface area (Å²) >= 11 is 5.77. The summed E-state index contributed by atoms with van der Waals surface area (Å²) in [6, 6.07) is 5.10. The first-order valence-corrected chi connectivity index (χ1v) is 4.86. The molecule has 1 saturated carbocycles. The molecule has 0 aliphatic heterocycles. The van der Waals surface area contributed by atoms with E-state index in [0.29, 0.717) is 23.4 Å². The summed E-state index contributed by atoms with van der Waals surface area (Å²) in [7, 11) is 0. The van der Waals surface area contributed by atoms with Crippen LogP contribution < -0.4 is 5.73 Å². The first-order valence-electron chi connectivity index (χ1n) is 4.48. The maximum Gasteiger partial charge on any atom is 0.139 e. The third kappa shape index (κ3) is 1.38. The summed E-state index contributed by atoms with van der Waals surface area (Å²) < 4.78 is 0. The molecule has 76 valence electrons. The standard InChI is InChI=1S/C10H12ClNO2/c11-8-3-1-2-7(9(8)14)10(12)4-6(13)5-10/h1-3,6,13-14H,4-5,12H2. The van der Waals surface area contributed by atoms with Crippen molar-refractivity contribution < 1.29 is 10.2 Å². The second kappa shape index (κ2) is 3.12. The van der Waals surface area contributed by atoms with Gasteiger partial charge in [0.05, 0.1) is 11.1 Å². The highest BCUT2D eigenvalue weighted by atomic mass is 35.5. The molecule has 1 aromatic rings. The number of rotatable bonds is 1. The van der Waals surface area contributed by atoms with Crippen molar-refractivity contribution >= 4 is 11.6 Å². The highest BCUT2D eigenvalue weighted by Gasteiger charge is 2.43. The van der Waals surface area contributed by atoms with Crippen LogP contribution in [0.1, 0.15) is 18.4 Å². The normalized spacial score (nSPS) is 31.2. The lowest BCUT2D eigenvalue weighted by atomic mass is 9.70. The van der Waals surface area contributed by atoms with Gasteiger partial charge in [-0.25, -0.2) is 0 Å². The zero-order valence-corrected chi connectivity index (χ0v) is 8.33. The van der Waals surface area contributed by atoms with Gasteiger partial charge in [0.15, 0.2) is 0 Å². The Morgan fingerprint density at radius 1 is 1.43 bits per heavy atom.